The number of anilines is 1. The number of H-pyrrole nitrogens is 1. The first-order valence-electron chi connectivity index (χ1n) is 13.1. The van der Waals surface area contributed by atoms with Gasteiger partial charge < -0.3 is 5.32 Å². The molecule has 0 spiro atoms. The Hall–Kier alpha value is -4.83. The van der Waals surface area contributed by atoms with E-state index in [4.69, 9.17) is 0 Å². The molecule has 2 N–H and O–H groups in total. The van der Waals surface area contributed by atoms with Gasteiger partial charge in [0.05, 0.1) is 29.1 Å². The molecule has 0 aliphatic carbocycles. The second kappa shape index (κ2) is 11.1. The molecule has 1 aliphatic rings. The number of fused-ring (bicyclic) bond motifs is 1. The van der Waals surface area contributed by atoms with E-state index in [0.717, 1.165) is 60.2 Å². The Morgan fingerprint density at radius 3 is 2.52 bits per heavy atom. The number of pyridine rings is 2. The number of nitrogens with one attached hydrogen (secondary N) is 2. The lowest BCUT2D eigenvalue weighted by molar-refractivity contribution is 0.102. The molecule has 4 heterocycles. The summed E-state index contributed by atoms with van der Waals surface area (Å²) >= 11 is 0. The lowest BCUT2D eigenvalue weighted by Gasteiger charge is -2.28. The van der Waals surface area contributed by atoms with Gasteiger partial charge in [0.1, 0.15) is 5.82 Å². The summed E-state index contributed by atoms with van der Waals surface area (Å²) < 4.78 is 13.2. The van der Waals surface area contributed by atoms with Crippen molar-refractivity contribution < 1.29 is 9.18 Å². The van der Waals surface area contributed by atoms with Gasteiger partial charge in [-0.2, -0.15) is 10.0 Å². The van der Waals surface area contributed by atoms with E-state index in [0.29, 0.717) is 16.8 Å². The predicted octanol–water partition coefficient (Wildman–Crippen LogP) is 5.81. The maximum absolute atomic E-state index is 13.2. The van der Waals surface area contributed by atoms with Crippen LogP contribution in [0.2, 0.25) is 0 Å². The van der Waals surface area contributed by atoms with Crippen LogP contribution in [0.1, 0.15) is 28.9 Å². The number of piperidine rings is 1. The molecule has 1 aliphatic heterocycles. The fourth-order valence-electron chi connectivity index (χ4n) is 4.99. The van der Waals surface area contributed by atoms with Crippen LogP contribution in [0.5, 0.6) is 0 Å². The van der Waals surface area contributed by atoms with E-state index in [9.17, 15) is 14.1 Å². The molecule has 0 radical (unpaired) electrons. The third-order valence-corrected chi connectivity index (χ3v) is 7.18. The number of carbonyl (C=O) groups excluding carboxylic acids is 1. The summed E-state index contributed by atoms with van der Waals surface area (Å²) in [5.41, 5.74) is 5.94. The fraction of sp³-hybridized carbons (Fsp3) is 0.200. The third kappa shape index (κ3) is 5.48. The zero-order valence-corrected chi connectivity index (χ0v) is 21.5. The van der Waals surface area contributed by atoms with Crippen molar-refractivity contribution in [2.75, 3.05) is 18.4 Å². The highest BCUT2D eigenvalue weighted by molar-refractivity contribution is 6.11. The van der Waals surface area contributed by atoms with Gasteiger partial charge in [0.2, 0.25) is 0 Å². The van der Waals surface area contributed by atoms with Gasteiger partial charge in [-0.25, -0.2) is 4.39 Å². The number of likely N-dealkylation sites (tertiary alicyclic amines) is 1. The van der Waals surface area contributed by atoms with Crippen LogP contribution >= 0.6 is 0 Å². The zero-order valence-electron chi connectivity index (χ0n) is 21.5. The van der Waals surface area contributed by atoms with Gasteiger partial charge in [-0.1, -0.05) is 11.2 Å². The average molecular weight is 536 g/mol. The Bertz CT molecular complexity index is 1660. The van der Waals surface area contributed by atoms with Gasteiger partial charge in [-0.05, 0) is 78.6 Å². The van der Waals surface area contributed by atoms with Crippen LogP contribution in [0.3, 0.4) is 0 Å². The number of carbonyl (C=O) groups is 1. The van der Waals surface area contributed by atoms with Gasteiger partial charge in [0.15, 0.2) is 5.69 Å². The van der Waals surface area contributed by atoms with Crippen molar-refractivity contribution in [3.8, 4) is 22.4 Å². The van der Waals surface area contributed by atoms with Gasteiger partial charge >= 0.3 is 0 Å². The van der Waals surface area contributed by atoms with Crippen molar-refractivity contribution in [3.63, 3.8) is 0 Å². The summed E-state index contributed by atoms with van der Waals surface area (Å²) in [4.78, 5) is 35.1. The lowest BCUT2D eigenvalue weighted by Crippen LogP contribution is -2.34. The van der Waals surface area contributed by atoms with E-state index in [1.807, 2.05) is 24.4 Å². The second-order valence-corrected chi connectivity index (χ2v) is 9.92. The molecular formula is C30H26FN7O2. The molecule has 1 fully saturated rings. The summed E-state index contributed by atoms with van der Waals surface area (Å²) in [5, 5.41) is 13.9. The number of hydrogen-bond acceptors (Lipinski definition) is 7. The molecular weight excluding hydrogens is 509 g/mol. The van der Waals surface area contributed by atoms with E-state index in [-0.39, 0.29) is 23.5 Å². The number of hydrogen-bond donors (Lipinski definition) is 2. The molecule has 6 rings (SSSR count). The van der Waals surface area contributed by atoms with Gasteiger partial charge in [-0.3, -0.25) is 24.8 Å². The Morgan fingerprint density at radius 1 is 0.975 bits per heavy atom. The van der Waals surface area contributed by atoms with E-state index in [1.54, 1.807) is 36.7 Å². The number of nitrogens with zero attached hydrogens (tertiary/aromatic N) is 5. The van der Waals surface area contributed by atoms with E-state index in [2.05, 4.69) is 41.6 Å². The minimum Gasteiger partial charge on any atom is -0.319 e. The molecule has 0 atom stereocenters. The maximum atomic E-state index is 13.2. The Morgan fingerprint density at radius 2 is 1.77 bits per heavy atom. The molecule has 0 unspecified atom stereocenters. The molecule has 9 nitrogen and oxygen atoms in total. The number of benzene rings is 2. The number of amides is 1. The molecule has 3 aromatic heterocycles. The Kier molecular flexibility index (Phi) is 7.07. The van der Waals surface area contributed by atoms with Crippen molar-refractivity contribution in [1.82, 2.24) is 25.1 Å². The van der Waals surface area contributed by atoms with Crippen LogP contribution in [0.25, 0.3) is 33.3 Å². The number of rotatable bonds is 7. The first-order valence-corrected chi connectivity index (χ1v) is 13.1. The predicted molar refractivity (Wildman–Crippen MR) is 151 cm³/mol. The largest absolute Gasteiger partial charge is 0.319 e. The fourth-order valence-corrected chi connectivity index (χ4v) is 4.99. The molecule has 10 heteroatoms. The second-order valence-electron chi connectivity index (χ2n) is 9.92. The molecule has 0 saturated carbocycles. The third-order valence-electron chi connectivity index (χ3n) is 7.18. The van der Waals surface area contributed by atoms with Crippen LogP contribution in [0.15, 0.2) is 84.4 Å². The van der Waals surface area contributed by atoms with Crippen LogP contribution in [-0.4, -0.2) is 50.1 Å². The average Bonchev–Trinajstić information content (AvgIpc) is 3.42. The first-order chi connectivity index (χ1) is 19.6. The van der Waals surface area contributed by atoms with Gasteiger partial charge in [-0.15, -0.1) is 0 Å². The quantitative estimate of drug-likeness (QED) is 0.254. The molecule has 200 valence electrons. The zero-order chi connectivity index (χ0) is 27.5. The van der Waals surface area contributed by atoms with Crippen LogP contribution in [-0.2, 0) is 6.54 Å². The smallest absolute Gasteiger partial charge is 0.276 e. The van der Waals surface area contributed by atoms with Crippen molar-refractivity contribution >= 4 is 22.5 Å². The van der Waals surface area contributed by atoms with E-state index >= 15 is 0 Å². The molecule has 0 bridgehead atoms. The summed E-state index contributed by atoms with van der Waals surface area (Å²) in [5.74, 6) is -0.670. The number of aromatic nitrogens is 4. The highest BCUT2D eigenvalue weighted by Gasteiger charge is 2.20. The number of halogens is 1. The van der Waals surface area contributed by atoms with Crippen molar-refractivity contribution in [1.29, 1.82) is 0 Å². The topological polar surface area (TPSA) is 116 Å². The molecule has 1 amide bonds. The summed E-state index contributed by atoms with van der Waals surface area (Å²) in [6.07, 6.45) is 6.80. The Balaban J connectivity index is 1.18. The lowest BCUT2D eigenvalue weighted by atomic mass is 10.0. The Labute approximate surface area is 229 Å². The normalized spacial score (nSPS) is 14.3. The summed E-state index contributed by atoms with van der Waals surface area (Å²) in [6.45, 7) is 2.43. The minimum atomic E-state index is -0.361. The van der Waals surface area contributed by atoms with Crippen molar-refractivity contribution in [3.05, 3.63) is 101 Å². The number of aromatic amines is 1. The van der Waals surface area contributed by atoms with E-state index in [1.165, 1.54) is 12.1 Å². The monoisotopic (exact) mass is 535 g/mol. The molecule has 5 aromatic rings. The van der Waals surface area contributed by atoms with Crippen molar-refractivity contribution in [2.45, 2.75) is 25.4 Å². The highest BCUT2D eigenvalue weighted by Crippen LogP contribution is 2.27. The highest BCUT2D eigenvalue weighted by atomic mass is 19.1. The molecule has 2 aromatic carbocycles. The first kappa shape index (κ1) is 25.4. The van der Waals surface area contributed by atoms with E-state index < -0.39 is 0 Å². The van der Waals surface area contributed by atoms with Crippen molar-refractivity contribution in [2.24, 2.45) is 5.18 Å². The van der Waals surface area contributed by atoms with Gasteiger partial charge in [0.25, 0.3) is 5.91 Å². The van der Waals surface area contributed by atoms with Crippen LogP contribution in [0.4, 0.5) is 10.1 Å². The maximum Gasteiger partial charge on any atom is 0.276 e. The molecule has 1 saturated heterocycles. The molecule has 40 heavy (non-hydrogen) atoms. The standard InChI is InChI=1S/C30H26FN7O2/c31-23-4-1-20(2-5-23)27-8-6-25(17-33-27)34-30(39)29-26-14-21(3-7-28(26)35-36-29)22-13-19(15-32-16-22)18-38-11-9-24(37-40)10-12-38/h1-8,13-17,24H,9-12,18H2,(H,34,39)(H,35,36). The summed E-state index contributed by atoms with van der Waals surface area (Å²) in [6, 6.07) is 17.4. The summed E-state index contributed by atoms with van der Waals surface area (Å²) in [7, 11) is 0. The minimum absolute atomic E-state index is 0.0779. The number of nitroso groups, excluding NO2 is 1. The van der Waals surface area contributed by atoms with Crippen LogP contribution < -0.4 is 5.32 Å². The van der Waals surface area contributed by atoms with Crippen LogP contribution in [0, 0.1) is 10.7 Å². The van der Waals surface area contributed by atoms with Gasteiger partial charge in [0, 0.05) is 48.5 Å². The SMILES string of the molecule is O=NC1CCN(Cc2cncc(-c3ccc4[nH]nc(C(=O)Nc5ccc(-c6ccc(F)cc6)nc5)c4c3)c2)CC1.